The Hall–Kier alpha value is -2.59. The number of nitrogens with zero attached hydrogens (tertiary/aromatic N) is 4. The van der Waals surface area contributed by atoms with Gasteiger partial charge < -0.3 is 5.11 Å². The van der Waals surface area contributed by atoms with Crippen molar-refractivity contribution >= 4 is 23.6 Å². The molecule has 10 heteroatoms. The predicted molar refractivity (Wildman–Crippen MR) is 103 cm³/mol. The Balaban J connectivity index is 1.85. The molecule has 0 aliphatic carbocycles. The van der Waals surface area contributed by atoms with Gasteiger partial charge in [-0.3, -0.25) is 14.5 Å². The maximum Gasteiger partial charge on any atom is 0.253 e. The topological polar surface area (TPSA) is 88.3 Å². The number of imide groups is 1. The number of hydrogen-bond acceptors (Lipinski definition) is 6. The van der Waals surface area contributed by atoms with Crippen LogP contribution < -0.4 is 0 Å². The van der Waals surface area contributed by atoms with Crippen molar-refractivity contribution in [2.24, 2.45) is 0 Å². The molecule has 0 bridgehead atoms. The lowest BCUT2D eigenvalue weighted by molar-refractivity contribution is -0.136. The highest BCUT2D eigenvalue weighted by Crippen LogP contribution is 2.44. The van der Waals surface area contributed by atoms with E-state index in [1.807, 2.05) is 0 Å². The fraction of sp³-hybridized carbons (Fsp3) is 0.368. The van der Waals surface area contributed by atoms with Gasteiger partial charge in [0, 0.05) is 40.8 Å². The van der Waals surface area contributed by atoms with Crippen LogP contribution in [-0.4, -0.2) is 53.6 Å². The summed E-state index contributed by atoms with van der Waals surface area (Å²) in [7, 11) is 0. The van der Waals surface area contributed by atoms with E-state index in [2.05, 4.69) is 10.1 Å². The second-order valence-electron chi connectivity index (χ2n) is 7.10. The van der Waals surface area contributed by atoms with Crippen molar-refractivity contribution in [1.29, 1.82) is 0 Å². The molecule has 3 rings (SSSR count). The molecule has 0 saturated carbocycles. The number of carbonyl (C=O) groups is 2. The first-order valence-corrected chi connectivity index (χ1v) is 9.80. The molecule has 1 N–H and O–H groups in total. The van der Waals surface area contributed by atoms with Crippen LogP contribution in [0, 0.1) is 11.6 Å². The number of rotatable bonds is 8. The number of hydrogen-bond donors (Lipinski definition) is 1. The van der Waals surface area contributed by atoms with Gasteiger partial charge in [-0.2, -0.15) is 16.9 Å². The van der Waals surface area contributed by atoms with Crippen LogP contribution in [0.5, 0.6) is 0 Å². The highest BCUT2D eigenvalue weighted by molar-refractivity contribution is 8.00. The van der Waals surface area contributed by atoms with Gasteiger partial charge in [0.2, 0.25) is 0 Å². The van der Waals surface area contributed by atoms with Crippen molar-refractivity contribution < 1.29 is 23.5 Å². The number of aromatic nitrogens is 3. The Morgan fingerprint density at radius 2 is 1.86 bits per heavy atom. The summed E-state index contributed by atoms with van der Waals surface area (Å²) in [5, 5.41) is 15.6. The minimum Gasteiger partial charge on any atom is -0.382 e. The van der Waals surface area contributed by atoms with Gasteiger partial charge in [0.15, 0.2) is 0 Å². The summed E-state index contributed by atoms with van der Waals surface area (Å²) in [5.41, 5.74) is -1.87. The molecule has 1 aromatic carbocycles. The lowest BCUT2D eigenvalue weighted by Gasteiger charge is -2.42. The van der Waals surface area contributed by atoms with Gasteiger partial charge >= 0.3 is 0 Å². The molecule has 1 atom stereocenters. The lowest BCUT2D eigenvalue weighted by Crippen LogP contribution is -2.49. The molecule has 0 spiro atoms. The maximum absolute atomic E-state index is 14.6. The van der Waals surface area contributed by atoms with E-state index in [4.69, 9.17) is 0 Å². The monoisotopic (exact) mass is 422 g/mol. The summed E-state index contributed by atoms with van der Waals surface area (Å²) < 4.78 is 28.4. The van der Waals surface area contributed by atoms with Crippen molar-refractivity contribution in [3.05, 3.63) is 60.2 Å². The third-order valence-electron chi connectivity index (χ3n) is 4.91. The highest BCUT2D eigenvalue weighted by atomic mass is 32.2. The molecule has 0 fully saturated rings. The Morgan fingerprint density at radius 1 is 1.17 bits per heavy atom. The van der Waals surface area contributed by atoms with Gasteiger partial charge in [-0.05, 0) is 19.9 Å². The van der Waals surface area contributed by atoms with Crippen molar-refractivity contribution in [2.75, 3.05) is 12.3 Å². The molecule has 29 heavy (non-hydrogen) atoms. The van der Waals surface area contributed by atoms with E-state index in [0.717, 1.165) is 17.0 Å². The number of amides is 2. The molecule has 154 valence electrons. The van der Waals surface area contributed by atoms with E-state index in [1.54, 1.807) is 13.8 Å². The molecule has 2 amide bonds. The largest absolute Gasteiger partial charge is 0.382 e. The molecule has 2 aromatic rings. The summed E-state index contributed by atoms with van der Waals surface area (Å²) in [6.45, 7) is 3.44. The van der Waals surface area contributed by atoms with Crippen LogP contribution in [0.3, 0.4) is 0 Å². The first kappa shape index (κ1) is 21.1. The predicted octanol–water partition coefficient (Wildman–Crippen LogP) is 1.88. The number of thioether (sulfide) groups is 1. The van der Waals surface area contributed by atoms with Gasteiger partial charge in [-0.25, -0.2) is 18.4 Å². The average molecular weight is 422 g/mol. The summed E-state index contributed by atoms with van der Waals surface area (Å²) in [4.78, 5) is 28.3. The quantitative estimate of drug-likeness (QED) is 0.654. The minimum absolute atomic E-state index is 0.0816. The zero-order chi connectivity index (χ0) is 21.2. The third kappa shape index (κ3) is 4.23. The Kier molecular flexibility index (Phi) is 5.85. The molecular weight excluding hydrogens is 402 g/mol. The Bertz CT molecular complexity index is 931. The standard InChI is InChI=1S/C19H20F2N4O3S/c1-18(2,29-8-7-25-16(26)5-6-17(25)27)19(28,10-24-12-22-11-23-24)14-4-3-13(20)9-15(14)21/h3-6,9,11-12,28H,7-8,10H2,1-2H3. The molecule has 1 aliphatic rings. The van der Waals surface area contributed by atoms with Crippen molar-refractivity contribution in [1.82, 2.24) is 19.7 Å². The maximum atomic E-state index is 14.6. The average Bonchev–Trinajstić information content (AvgIpc) is 3.26. The minimum atomic E-state index is -1.79. The summed E-state index contributed by atoms with van der Waals surface area (Å²) in [6.07, 6.45) is 5.08. The van der Waals surface area contributed by atoms with E-state index < -0.39 is 33.8 Å². The van der Waals surface area contributed by atoms with Crippen molar-refractivity contribution in [3.8, 4) is 0 Å². The van der Waals surface area contributed by atoms with E-state index in [9.17, 15) is 23.5 Å². The van der Waals surface area contributed by atoms with Crippen molar-refractivity contribution in [3.63, 3.8) is 0 Å². The zero-order valence-electron chi connectivity index (χ0n) is 15.9. The van der Waals surface area contributed by atoms with Crippen LogP contribution in [0.15, 0.2) is 43.0 Å². The molecule has 2 heterocycles. The van der Waals surface area contributed by atoms with Crippen molar-refractivity contribution in [2.45, 2.75) is 30.7 Å². The smallest absolute Gasteiger partial charge is 0.253 e. The molecule has 1 aromatic heterocycles. The van der Waals surface area contributed by atoms with Gasteiger partial charge in [0.25, 0.3) is 11.8 Å². The van der Waals surface area contributed by atoms with Gasteiger partial charge in [0.1, 0.15) is 29.9 Å². The van der Waals surface area contributed by atoms with Gasteiger partial charge in [-0.1, -0.05) is 6.07 Å². The molecule has 7 nitrogen and oxygen atoms in total. The highest BCUT2D eigenvalue weighted by Gasteiger charge is 2.47. The molecule has 0 saturated heterocycles. The molecule has 0 radical (unpaired) electrons. The van der Waals surface area contributed by atoms with Crippen LogP contribution in [0.2, 0.25) is 0 Å². The molecular formula is C19H20F2N4O3S. The van der Waals surface area contributed by atoms with Crippen LogP contribution in [0.1, 0.15) is 19.4 Å². The second-order valence-corrected chi connectivity index (χ2v) is 8.82. The summed E-state index contributed by atoms with van der Waals surface area (Å²) in [5.74, 6) is -2.10. The summed E-state index contributed by atoms with van der Waals surface area (Å²) >= 11 is 1.26. The Labute approximate surface area is 170 Å². The molecule has 1 aliphatic heterocycles. The number of halogens is 2. The number of benzene rings is 1. The van der Waals surface area contributed by atoms with E-state index in [-0.39, 0.29) is 18.7 Å². The van der Waals surface area contributed by atoms with E-state index in [0.29, 0.717) is 5.75 Å². The Morgan fingerprint density at radius 3 is 2.45 bits per heavy atom. The summed E-state index contributed by atoms with van der Waals surface area (Å²) in [6, 6.07) is 3.01. The van der Waals surface area contributed by atoms with Crippen LogP contribution in [-0.2, 0) is 21.7 Å². The van der Waals surface area contributed by atoms with Gasteiger partial charge in [-0.15, -0.1) is 0 Å². The zero-order valence-corrected chi connectivity index (χ0v) is 16.7. The normalized spacial score (nSPS) is 16.5. The fourth-order valence-electron chi connectivity index (χ4n) is 3.14. The second kappa shape index (κ2) is 8.03. The van der Waals surface area contributed by atoms with Crippen LogP contribution in [0.25, 0.3) is 0 Å². The first-order valence-electron chi connectivity index (χ1n) is 8.82. The number of carbonyl (C=O) groups excluding carboxylic acids is 2. The first-order chi connectivity index (χ1) is 13.6. The van der Waals surface area contributed by atoms with Crippen LogP contribution in [0.4, 0.5) is 8.78 Å². The third-order valence-corrected chi connectivity index (χ3v) is 6.35. The van der Waals surface area contributed by atoms with Crippen LogP contribution >= 0.6 is 11.8 Å². The molecule has 1 unspecified atom stereocenters. The lowest BCUT2D eigenvalue weighted by atomic mass is 9.82. The van der Waals surface area contributed by atoms with E-state index in [1.165, 1.54) is 47.3 Å². The van der Waals surface area contributed by atoms with Gasteiger partial charge in [0.05, 0.1) is 6.54 Å². The SMILES string of the molecule is CC(C)(SCCN1C(=O)C=CC1=O)C(O)(Cn1cncn1)c1ccc(F)cc1F. The van der Waals surface area contributed by atoms with E-state index >= 15 is 0 Å². The fourth-order valence-corrected chi connectivity index (χ4v) is 4.33. The number of aliphatic hydroxyl groups is 1.